The van der Waals surface area contributed by atoms with Gasteiger partial charge in [-0.3, -0.25) is 24.4 Å². The molecule has 0 bridgehead atoms. The number of nitrogens with zero attached hydrogens (tertiary/aromatic N) is 7. The number of ether oxygens (including phenoxy) is 1. The van der Waals surface area contributed by atoms with Crippen LogP contribution in [0.5, 0.6) is 5.88 Å². The highest BCUT2D eigenvalue weighted by Crippen LogP contribution is 2.35. The molecule has 2 aromatic carbocycles. The number of benzene rings is 2. The fourth-order valence-corrected chi connectivity index (χ4v) is 8.72. The SMILES string of the molecule is CC.CNC(=O)C1CN(Cc2ccc(-c3ncc(-c4ccc(C(F)(F)F)cn4)s3)cc2)C1.CNC(=O)C1CN(Cc2ccc(-c3ncc(-c4cnc(OC(C)C)c(C#N)c4)s3)cc2)C1. The minimum Gasteiger partial charge on any atom is -0.474 e. The van der Waals surface area contributed by atoms with E-state index in [1.54, 1.807) is 43.9 Å². The predicted octanol–water partition coefficient (Wildman–Crippen LogP) is 8.80. The molecule has 6 aromatic rings. The normalized spacial score (nSPS) is 14.2. The highest BCUT2D eigenvalue weighted by Gasteiger charge is 2.33. The Balaban J connectivity index is 0.000000205. The van der Waals surface area contributed by atoms with Gasteiger partial charge in [0.1, 0.15) is 21.6 Å². The molecular formula is C47H50F3N9O3S2. The van der Waals surface area contributed by atoms with Gasteiger partial charge in [0.25, 0.3) is 0 Å². The van der Waals surface area contributed by atoms with Gasteiger partial charge >= 0.3 is 6.18 Å². The van der Waals surface area contributed by atoms with Crippen molar-refractivity contribution < 1.29 is 27.5 Å². The number of alkyl halides is 3. The predicted molar refractivity (Wildman–Crippen MR) is 244 cm³/mol. The molecule has 334 valence electrons. The van der Waals surface area contributed by atoms with Crippen molar-refractivity contribution in [1.82, 2.24) is 40.4 Å². The second-order valence-electron chi connectivity index (χ2n) is 15.2. The van der Waals surface area contributed by atoms with Crippen LogP contribution in [0.1, 0.15) is 49.9 Å². The van der Waals surface area contributed by atoms with Crippen molar-refractivity contribution in [2.45, 2.75) is 53.1 Å². The summed E-state index contributed by atoms with van der Waals surface area (Å²) >= 11 is 2.95. The highest BCUT2D eigenvalue weighted by molar-refractivity contribution is 7.18. The zero-order valence-corrected chi connectivity index (χ0v) is 38.1. The number of hydrogen-bond donors (Lipinski definition) is 2. The number of halogens is 3. The number of thiazole rings is 2. The summed E-state index contributed by atoms with van der Waals surface area (Å²) in [6.07, 6.45) is 1.56. The molecule has 0 aliphatic carbocycles. The number of likely N-dealkylation sites (tertiary alicyclic amines) is 2. The summed E-state index contributed by atoms with van der Waals surface area (Å²) in [7, 11) is 3.34. The number of pyridine rings is 2. The Morgan fingerprint density at radius 1 is 0.734 bits per heavy atom. The lowest BCUT2D eigenvalue weighted by molar-refractivity contribution is -0.138. The van der Waals surface area contributed by atoms with E-state index in [-0.39, 0.29) is 29.8 Å². The Labute approximate surface area is 379 Å². The summed E-state index contributed by atoms with van der Waals surface area (Å²) in [6, 6.07) is 22.7. The fraction of sp³-hybridized carbons (Fsp3) is 0.340. The zero-order chi connectivity index (χ0) is 46.0. The van der Waals surface area contributed by atoms with Gasteiger partial charge in [-0.2, -0.15) is 18.4 Å². The molecule has 4 aromatic heterocycles. The third-order valence-corrected chi connectivity index (χ3v) is 12.5. The standard InChI is InChI=1S/C24H25N5O2S.C21H19F3N4OS.C2H6/c1-15(2)31-23-18(9-25)8-19(10-27-23)21-11-28-24(32-21)17-6-4-16(5-7-17)12-29-13-20(14-29)22(30)26-3;1-25-19(29)15-11-28(12-15)10-13-2-4-14(5-3-13)20-27-9-18(30-20)17-7-6-16(8-26-17)21(22,23)24;1-2/h4-8,10-11,15,20H,12-14H2,1-3H3,(H,26,30);2-9,15H,10-12H2,1H3,(H,25,29);1-2H3. The van der Waals surface area contributed by atoms with Crippen LogP contribution in [0.25, 0.3) is 42.2 Å². The zero-order valence-electron chi connectivity index (χ0n) is 36.4. The Morgan fingerprint density at radius 2 is 1.23 bits per heavy atom. The average molecular weight is 910 g/mol. The second-order valence-corrected chi connectivity index (χ2v) is 17.3. The first-order chi connectivity index (χ1) is 30.8. The Bertz CT molecular complexity index is 2530. The van der Waals surface area contributed by atoms with Crippen molar-refractivity contribution in [2.75, 3.05) is 40.3 Å². The number of nitriles is 1. The van der Waals surface area contributed by atoms with Gasteiger partial charge in [0.15, 0.2) is 0 Å². The van der Waals surface area contributed by atoms with Gasteiger partial charge in [0.2, 0.25) is 17.7 Å². The number of nitrogens with one attached hydrogen (secondary N) is 2. The molecule has 64 heavy (non-hydrogen) atoms. The van der Waals surface area contributed by atoms with Crippen LogP contribution in [0, 0.1) is 23.2 Å². The lowest BCUT2D eigenvalue weighted by atomic mass is 9.98. The van der Waals surface area contributed by atoms with Gasteiger partial charge in [-0.1, -0.05) is 62.4 Å². The Kier molecular flexibility index (Phi) is 16.0. The summed E-state index contributed by atoms with van der Waals surface area (Å²) in [5.74, 6) is 0.742. The molecule has 0 unspecified atom stereocenters. The van der Waals surface area contributed by atoms with Crippen LogP contribution >= 0.6 is 22.7 Å². The molecule has 0 spiro atoms. The Hall–Kier alpha value is -6.06. The van der Waals surface area contributed by atoms with E-state index in [0.29, 0.717) is 22.0 Å². The van der Waals surface area contributed by atoms with E-state index in [9.17, 15) is 28.0 Å². The van der Waals surface area contributed by atoms with Gasteiger partial charge < -0.3 is 15.4 Å². The first-order valence-corrected chi connectivity index (χ1v) is 22.5. The van der Waals surface area contributed by atoms with E-state index in [2.05, 4.69) is 70.7 Å². The quantitative estimate of drug-likeness (QED) is 0.122. The van der Waals surface area contributed by atoms with Crippen molar-refractivity contribution in [3.05, 3.63) is 114 Å². The molecular weight excluding hydrogens is 860 g/mol. The molecule has 17 heteroatoms. The van der Waals surface area contributed by atoms with E-state index in [4.69, 9.17) is 4.74 Å². The van der Waals surface area contributed by atoms with Gasteiger partial charge in [0.05, 0.1) is 39.0 Å². The van der Waals surface area contributed by atoms with Crippen molar-refractivity contribution in [1.29, 1.82) is 5.26 Å². The van der Waals surface area contributed by atoms with Crippen molar-refractivity contribution in [2.24, 2.45) is 11.8 Å². The van der Waals surface area contributed by atoms with Gasteiger partial charge in [0, 0.05) is 94.8 Å². The maximum Gasteiger partial charge on any atom is 0.417 e. The van der Waals surface area contributed by atoms with Crippen LogP contribution in [0.15, 0.2) is 91.5 Å². The van der Waals surface area contributed by atoms with Gasteiger partial charge in [-0.15, -0.1) is 22.7 Å². The molecule has 2 saturated heterocycles. The van der Waals surface area contributed by atoms with Gasteiger partial charge in [-0.05, 0) is 43.2 Å². The minimum atomic E-state index is -4.40. The summed E-state index contributed by atoms with van der Waals surface area (Å²) < 4.78 is 43.7. The first kappa shape index (κ1) is 47.4. The van der Waals surface area contributed by atoms with Crippen LogP contribution < -0.4 is 15.4 Å². The topological polar surface area (TPSA) is 149 Å². The molecule has 12 nitrogen and oxygen atoms in total. The third-order valence-electron chi connectivity index (χ3n) is 10.3. The molecule has 8 rings (SSSR count). The molecule has 2 N–H and O–H groups in total. The number of aromatic nitrogens is 4. The monoisotopic (exact) mass is 909 g/mol. The highest BCUT2D eigenvalue weighted by atomic mass is 32.1. The van der Waals surface area contributed by atoms with E-state index in [1.165, 1.54) is 23.0 Å². The molecule has 6 heterocycles. The third kappa shape index (κ3) is 11.9. The lowest BCUT2D eigenvalue weighted by Crippen LogP contribution is -2.52. The summed E-state index contributed by atoms with van der Waals surface area (Å²) in [4.78, 5) is 46.5. The fourth-order valence-electron chi connectivity index (χ4n) is 6.92. The molecule has 2 fully saturated rings. The Morgan fingerprint density at radius 3 is 1.67 bits per heavy atom. The molecule has 0 radical (unpaired) electrons. The van der Waals surface area contributed by atoms with E-state index >= 15 is 0 Å². The van der Waals surface area contributed by atoms with Gasteiger partial charge in [-0.25, -0.2) is 15.0 Å². The van der Waals surface area contributed by atoms with Crippen LogP contribution in [-0.4, -0.2) is 87.9 Å². The van der Waals surface area contributed by atoms with Crippen LogP contribution in [0.4, 0.5) is 13.2 Å². The number of carbonyl (C=O) groups is 2. The summed E-state index contributed by atoms with van der Waals surface area (Å²) in [5.41, 5.74) is 5.31. The minimum absolute atomic E-state index is 0.0446. The first-order valence-electron chi connectivity index (χ1n) is 20.9. The number of carbonyl (C=O) groups excluding carboxylic acids is 2. The lowest BCUT2D eigenvalue weighted by Gasteiger charge is -2.38. The van der Waals surface area contributed by atoms with Crippen LogP contribution in [0.3, 0.4) is 0 Å². The van der Waals surface area contributed by atoms with E-state index < -0.39 is 11.7 Å². The molecule has 2 aliphatic rings. The number of hydrogen-bond acceptors (Lipinski definition) is 12. The van der Waals surface area contributed by atoms with Crippen LogP contribution in [-0.2, 0) is 28.9 Å². The molecule has 2 aliphatic heterocycles. The molecule has 2 amide bonds. The maximum atomic E-state index is 12.7. The summed E-state index contributed by atoms with van der Waals surface area (Å²) in [5, 5.41) is 16.5. The van der Waals surface area contributed by atoms with Crippen molar-refractivity contribution >= 4 is 34.5 Å². The average Bonchev–Trinajstić information content (AvgIpc) is 3.98. The summed E-state index contributed by atoms with van der Waals surface area (Å²) in [6.45, 7) is 12.6. The van der Waals surface area contributed by atoms with Crippen molar-refractivity contribution in [3.8, 4) is 54.1 Å². The van der Waals surface area contributed by atoms with E-state index in [0.717, 1.165) is 88.7 Å². The number of amides is 2. The molecule has 0 atom stereocenters. The second kappa shape index (κ2) is 21.5. The maximum absolute atomic E-state index is 12.7. The largest absolute Gasteiger partial charge is 0.474 e. The van der Waals surface area contributed by atoms with Crippen molar-refractivity contribution in [3.63, 3.8) is 0 Å². The number of rotatable bonds is 12. The van der Waals surface area contributed by atoms with Crippen LogP contribution in [0.2, 0.25) is 0 Å². The smallest absolute Gasteiger partial charge is 0.417 e. The molecule has 0 saturated carbocycles. The van der Waals surface area contributed by atoms with E-state index in [1.807, 2.05) is 58.2 Å².